The monoisotopic (exact) mass is 648 g/mol. The van der Waals surface area contributed by atoms with Crippen LogP contribution in [0.4, 0.5) is 18.9 Å². The van der Waals surface area contributed by atoms with Crippen molar-refractivity contribution in [2.24, 2.45) is 0 Å². The Morgan fingerprint density at radius 2 is 1.64 bits per heavy atom. The second-order valence-electron chi connectivity index (χ2n) is 9.28. The lowest BCUT2D eigenvalue weighted by molar-refractivity contribution is -0.137. The first-order valence-electron chi connectivity index (χ1n) is 12.8. The lowest BCUT2D eigenvalue weighted by Crippen LogP contribution is -2.25. The summed E-state index contributed by atoms with van der Waals surface area (Å²) >= 11 is 0.926. The molecule has 0 bridgehead atoms. The molecular formula is C28H27F3N6O5S2. The van der Waals surface area contributed by atoms with E-state index in [1.165, 1.54) is 57.6 Å². The predicted molar refractivity (Wildman–Crippen MR) is 157 cm³/mol. The molecule has 1 heterocycles. The number of amides is 2. The van der Waals surface area contributed by atoms with E-state index in [1.54, 1.807) is 28.8 Å². The number of anilines is 1. The van der Waals surface area contributed by atoms with Crippen LogP contribution in [-0.2, 0) is 27.5 Å². The first-order chi connectivity index (χ1) is 20.8. The molecule has 2 N–H and O–H groups in total. The van der Waals surface area contributed by atoms with Crippen LogP contribution < -0.4 is 15.4 Å². The maximum absolute atomic E-state index is 13.4. The zero-order chi connectivity index (χ0) is 32.1. The van der Waals surface area contributed by atoms with Crippen molar-refractivity contribution in [3.05, 3.63) is 89.7 Å². The molecule has 44 heavy (non-hydrogen) atoms. The average molecular weight is 649 g/mol. The number of methoxy groups -OCH3 is 1. The summed E-state index contributed by atoms with van der Waals surface area (Å²) in [4.78, 5) is 25.6. The van der Waals surface area contributed by atoms with Gasteiger partial charge in [-0.2, -0.15) is 13.2 Å². The maximum atomic E-state index is 13.4. The van der Waals surface area contributed by atoms with Crippen molar-refractivity contribution in [1.82, 2.24) is 24.4 Å². The summed E-state index contributed by atoms with van der Waals surface area (Å²) in [7, 11) is 0.601. The van der Waals surface area contributed by atoms with E-state index in [0.717, 1.165) is 28.2 Å². The van der Waals surface area contributed by atoms with Crippen molar-refractivity contribution in [3.8, 4) is 11.4 Å². The molecule has 0 saturated carbocycles. The summed E-state index contributed by atoms with van der Waals surface area (Å²) in [6, 6.07) is 17.0. The molecule has 0 atom stereocenters. The summed E-state index contributed by atoms with van der Waals surface area (Å²) in [5.74, 6) is -0.808. The van der Waals surface area contributed by atoms with Crippen LogP contribution in [0.25, 0.3) is 5.69 Å². The van der Waals surface area contributed by atoms with Crippen LogP contribution in [0.5, 0.6) is 5.75 Å². The number of alkyl halides is 3. The molecule has 0 aliphatic heterocycles. The Bertz CT molecular complexity index is 1760. The van der Waals surface area contributed by atoms with Gasteiger partial charge in [-0.05, 0) is 48.5 Å². The van der Waals surface area contributed by atoms with Gasteiger partial charge in [0, 0.05) is 19.7 Å². The molecule has 2 amide bonds. The van der Waals surface area contributed by atoms with Crippen LogP contribution in [0, 0.1) is 0 Å². The number of hydrogen-bond donors (Lipinski definition) is 2. The summed E-state index contributed by atoms with van der Waals surface area (Å²) in [5, 5.41) is 13.5. The number of ether oxygens (including phenoxy) is 1. The number of carbonyl (C=O) groups is 2. The molecular weight excluding hydrogens is 621 g/mol. The Hall–Kier alpha value is -4.41. The molecule has 0 fully saturated rings. The zero-order valence-electron chi connectivity index (χ0n) is 23.6. The van der Waals surface area contributed by atoms with E-state index in [2.05, 4.69) is 20.8 Å². The summed E-state index contributed by atoms with van der Waals surface area (Å²) in [6.07, 6.45) is -4.65. The summed E-state index contributed by atoms with van der Waals surface area (Å²) in [6.45, 7) is -0.118. The first kappa shape index (κ1) is 32.5. The molecule has 4 rings (SSSR count). The fourth-order valence-corrected chi connectivity index (χ4v) is 5.64. The molecule has 0 saturated heterocycles. The third-order valence-corrected chi connectivity index (χ3v) is 8.93. The Balaban J connectivity index is 1.54. The quantitative estimate of drug-likeness (QED) is 0.231. The standard InChI is InChI=1S/C28H27F3N6O5S2/c1-36(2)44(40,41)19-14-12-18(13-15-19)26(39)32-16-24-34-35-27(37(24)22-10-6-7-11-23(22)42-3)43-17-25(38)33-21-9-5-4-8-20(21)28(29,30)31/h4-15H,16-17H2,1-3H3,(H,32,39)(H,33,38). The molecule has 1 aromatic heterocycles. The second-order valence-corrected chi connectivity index (χ2v) is 12.4. The molecule has 232 valence electrons. The number of benzene rings is 3. The van der Waals surface area contributed by atoms with Gasteiger partial charge < -0.3 is 15.4 Å². The number of hydrogen-bond acceptors (Lipinski definition) is 8. The fourth-order valence-electron chi connectivity index (χ4n) is 3.97. The number of halogens is 3. The smallest absolute Gasteiger partial charge is 0.418 e. The van der Waals surface area contributed by atoms with Crippen LogP contribution in [-0.4, -0.2) is 66.3 Å². The Kier molecular flexibility index (Phi) is 9.96. The maximum Gasteiger partial charge on any atom is 0.418 e. The second kappa shape index (κ2) is 13.5. The third-order valence-electron chi connectivity index (χ3n) is 6.17. The number of aromatic nitrogens is 3. The lowest BCUT2D eigenvalue weighted by atomic mass is 10.1. The van der Waals surface area contributed by atoms with Crippen molar-refractivity contribution in [3.63, 3.8) is 0 Å². The van der Waals surface area contributed by atoms with Gasteiger partial charge in [-0.15, -0.1) is 10.2 Å². The van der Waals surface area contributed by atoms with Crippen LogP contribution in [0.3, 0.4) is 0 Å². The molecule has 3 aromatic carbocycles. The minimum absolute atomic E-state index is 0.0302. The van der Waals surface area contributed by atoms with Gasteiger partial charge in [0.15, 0.2) is 11.0 Å². The van der Waals surface area contributed by atoms with Gasteiger partial charge in [0.25, 0.3) is 5.91 Å². The van der Waals surface area contributed by atoms with E-state index in [1.807, 2.05) is 0 Å². The van der Waals surface area contributed by atoms with Crippen LogP contribution in [0.1, 0.15) is 21.7 Å². The van der Waals surface area contributed by atoms with Gasteiger partial charge in [0.2, 0.25) is 15.9 Å². The number of nitrogens with one attached hydrogen (secondary N) is 2. The highest BCUT2D eigenvalue weighted by Crippen LogP contribution is 2.35. The molecule has 0 unspecified atom stereocenters. The van der Waals surface area contributed by atoms with Crippen molar-refractivity contribution in [2.75, 3.05) is 32.3 Å². The molecule has 0 radical (unpaired) electrons. The highest BCUT2D eigenvalue weighted by Gasteiger charge is 2.33. The normalized spacial score (nSPS) is 11.8. The number of para-hydroxylation sites is 3. The van der Waals surface area contributed by atoms with E-state index < -0.39 is 33.6 Å². The Morgan fingerprint density at radius 1 is 0.977 bits per heavy atom. The molecule has 16 heteroatoms. The topological polar surface area (TPSA) is 136 Å². The van der Waals surface area contributed by atoms with Crippen molar-refractivity contribution >= 4 is 39.3 Å². The van der Waals surface area contributed by atoms with Crippen LogP contribution >= 0.6 is 11.8 Å². The van der Waals surface area contributed by atoms with Gasteiger partial charge in [-0.3, -0.25) is 14.2 Å². The van der Waals surface area contributed by atoms with Crippen molar-refractivity contribution in [2.45, 2.75) is 22.8 Å². The van der Waals surface area contributed by atoms with E-state index in [0.29, 0.717) is 11.4 Å². The Labute approximate surface area is 255 Å². The number of rotatable bonds is 11. The minimum Gasteiger partial charge on any atom is -0.495 e. The van der Waals surface area contributed by atoms with Crippen LogP contribution in [0.15, 0.2) is 82.8 Å². The molecule has 0 spiro atoms. The average Bonchev–Trinajstić information content (AvgIpc) is 3.41. The summed E-state index contributed by atoms with van der Waals surface area (Å²) < 4.78 is 72.8. The molecule has 0 aliphatic rings. The highest BCUT2D eigenvalue weighted by atomic mass is 32.2. The minimum atomic E-state index is -4.65. The Morgan fingerprint density at radius 3 is 2.30 bits per heavy atom. The van der Waals surface area contributed by atoms with Gasteiger partial charge in [0.1, 0.15) is 5.75 Å². The molecule has 0 aliphatic carbocycles. The lowest BCUT2D eigenvalue weighted by Gasteiger charge is -2.15. The highest BCUT2D eigenvalue weighted by molar-refractivity contribution is 7.99. The fraction of sp³-hybridized carbons (Fsp3) is 0.214. The van der Waals surface area contributed by atoms with E-state index in [4.69, 9.17) is 4.74 Å². The number of thioether (sulfide) groups is 1. The van der Waals surface area contributed by atoms with Gasteiger partial charge in [-0.25, -0.2) is 12.7 Å². The number of nitrogens with zero attached hydrogens (tertiary/aromatic N) is 4. The zero-order valence-corrected chi connectivity index (χ0v) is 25.3. The van der Waals surface area contributed by atoms with E-state index >= 15 is 0 Å². The molecule has 4 aromatic rings. The number of carbonyl (C=O) groups excluding carboxylic acids is 2. The van der Waals surface area contributed by atoms with E-state index in [-0.39, 0.29) is 39.4 Å². The SMILES string of the molecule is COc1ccccc1-n1c(CNC(=O)c2ccc(S(=O)(=O)N(C)C)cc2)nnc1SCC(=O)Nc1ccccc1C(F)(F)F. The van der Waals surface area contributed by atoms with Crippen LogP contribution in [0.2, 0.25) is 0 Å². The number of sulfonamides is 1. The van der Waals surface area contributed by atoms with Crippen molar-refractivity contribution in [1.29, 1.82) is 0 Å². The molecule has 11 nitrogen and oxygen atoms in total. The van der Waals surface area contributed by atoms with Crippen molar-refractivity contribution < 1.29 is 35.9 Å². The van der Waals surface area contributed by atoms with Gasteiger partial charge >= 0.3 is 6.18 Å². The third kappa shape index (κ3) is 7.38. The van der Waals surface area contributed by atoms with E-state index in [9.17, 15) is 31.2 Å². The first-order valence-corrected chi connectivity index (χ1v) is 15.2. The summed E-state index contributed by atoms with van der Waals surface area (Å²) in [5.41, 5.74) is -0.639. The largest absolute Gasteiger partial charge is 0.495 e. The predicted octanol–water partition coefficient (Wildman–Crippen LogP) is 4.21. The van der Waals surface area contributed by atoms with Gasteiger partial charge in [-0.1, -0.05) is 36.0 Å². The van der Waals surface area contributed by atoms with Gasteiger partial charge in [0.05, 0.1) is 41.2 Å².